The number of benzene rings is 1. The Hall–Kier alpha value is -1.67. The molecular formula is C10H5BrFN3. The summed E-state index contributed by atoms with van der Waals surface area (Å²) >= 11 is 3.29. The van der Waals surface area contributed by atoms with Crippen LogP contribution in [0.5, 0.6) is 0 Å². The van der Waals surface area contributed by atoms with Gasteiger partial charge in [-0.05, 0) is 18.2 Å². The molecular weight excluding hydrogens is 261 g/mol. The Morgan fingerprint density at radius 2 is 2.27 bits per heavy atom. The number of halogens is 2. The van der Waals surface area contributed by atoms with E-state index in [-0.39, 0.29) is 5.82 Å². The fourth-order valence-electron chi connectivity index (χ4n) is 1.19. The van der Waals surface area contributed by atoms with E-state index in [1.165, 1.54) is 18.3 Å². The Morgan fingerprint density at radius 3 is 2.93 bits per heavy atom. The molecule has 74 valence electrons. The maximum absolute atomic E-state index is 13.0. The molecule has 2 aromatic rings. The fourth-order valence-corrected chi connectivity index (χ4v) is 1.63. The van der Waals surface area contributed by atoms with E-state index in [1.54, 1.807) is 6.07 Å². The van der Waals surface area contributed by atoms with Crippen molar-refractivity contribution in [2.45, 2.75) is 0 Å². The van der Waals surface area contributed by atoms with Gasteiger partial charge < -0.3 is 4.98 Å². The number of hydrogen-bond acceptors (Lipinski definition) is 2. The van der Waals surface area contributed by atoms with Crippen LogP contribution < -0.4 is 0 Å². The fraction of sp³-hybridized carbons (Fsp3) is 0. The van der Waals surface area contributed by atoms with Gasteiger partial charge in [0.1, 0.15) is 23.4 Å². The molecule has 2 rings (SSSR count). The molecule has 0 aliphatic heterocycles. The first-order chi connectivity index (χ1) is 7.20. The molecule has 3 nitrogen and oxygen atoms in total. The summed E-state index contributed by atoms with van der Waals surface area (Å²) < 4.78 is 13.7. The summed E-state index contributed by atoms with van der Waals surface area (Å²) in [6, 6.07) is 6.22. The molecule has 1 N–H and O–H groups in total. The molecule has 1 aromatic carbocycles. The van der Waals surface area contributed by atoms with Crippen LogP contribution in [-0.4, -0.2) is 9.97 Å². The first-order valence-corrected chi connectivity index (χ1v) is 4.90. The summed E-state index contributed by atoms with van der Waals surface area (Å²) in [5, 5.41) is 8.61. The van der Waals surface area contributed by atoms with Crippen molar-refractivity contribution in [3.05, 3.63) is 40.4 Å². The van der Waals surface area contributed by atoms with Crippen LogP contribution in [0.2, 0.25) is 0 Å². The van der Waals surface area contributed by atoms with Crippen molar-refractivity contribution in [1.29, 1.82) is 5.26 Å². The van der Waals surface area contributed by atoms with Crippen LogP contribution in [0.15, 0.2) is 28.9 Å². The van der Waals surface area contributed by atoms with Crippen molar-refractivity contribution < 1.29 is 4.39 Å². The summed E-state index contributed by atoms with van der Waals surface area (Å²) in [5.74, 6) is 0.126. The Labute approximate surface area is 93.7 Å². The van der Waals surface area contributed by atoms with Crippen molar-refractivity contribution in [3.63, 3.8) is 0 Å². The van der Waals surface area contributed by atoms with E-state index in [0.717, 1.165) is 4.47 Å². The van der Waals surface area contributed by atoms with E-state index in [1.807, 2.05) is 6.07 Å². The van der Waals surface area contributed by atoms with Crippen molar-refractivity contribution in [3.8, 4) is 17.5 Å². The molecule has 1 aromatic heterocycles. The second kappa shape index (κ2) is 3.83. The van der Waals surface area contributed by atoms with Gasteiger partial charge in [0.05, 0.1) is 6.20 Å². The van der Waals surface area contributed by atoms with E-state index < -0.39 is 0 Å². The average Bonchev–Trinajstić information content (AvgIpc) is 2.70. The monoisotopic (exact) mass is 265 g/mol. The van der Waals surface area contributed by atoms with Crippen LogP contribution >= 0.6 is 15.9 Å². The molecule has 5 heteroatoms. The van der Waals surface area contributed by atoms with Gasteiger partial charge in [0.25, 0.3) is 0 Å². The largest absolute Gasteiger partial charge is 0.330 e. The quantitative estimate of drug-likeness (QED) is 0.862. The van der Waals surface area contributed by atoms with E-state index in [4.69, 9.17) is 5.26 Å². The van der Waals surface area contributed by atoms with Gasteiger partial charge in [0.15, 0.2) is 0 Å². The van der Waals surface area contributed by atoms with Gasteiger partial charge in [0, 0.05) is 10.0 Å². The highest BCUT2D eigenvalue weighted by Crippen LogP contribution is 2.26. The average molecular weight is 266 g/mol. The predicted octanol–water partition coefficient (Wildman–Crippen LogP) is 2.85. The lowest BCUT2D eigenvalue weighted by atomic mass is 10.2. The molecule has 0 spiro atoms. The summed E-state index contributed by atoms with van der Waals surface area (Å²) in [4.78, 5) is 6.76. The maximum Gasteiger partial charge on any atom is 0.139 e. The smallest absolute Gasteiger partial charge is 0.139 e. The third-order valence-corrected chi connectivity index (χ3v) is 2.57. The van der Waals surface area contributed by atoms with E-state index >= 15 is 0 Å². The number of rotatable bonds is 1. The number of aromatic nitrogens is 2. The summed E-state index contributed by atoms with van der Waals surface area (Å²) in [7, 11) is 0. The number of H-pyrrole nitrogens is 1. The molecule has 15 heavy (non-hydrogen) atoms. The lowest BCUT2D eigenvalue weighted by Crippen LogP contribution is -1.84. The Balaban J connectivity index is 2.54. The Kier molecular flexibility index (Phi) is 2.52. The van der Waals surface area contributed by atoms with Crippen molar-refractivity contribution >= 4 is 15.9 Å². The minimum Gasteiger partial charge on any atom is -0.330 e. The topological polar surface area (TPSA) is 52.5 Å². The molecule has 0 radical (unpaired) electrons. The normalized spacial score (nSPS) is 9.93. The summed E-state index contributed by atoms with van der Waals surface area (Å²) in [6.45, 7) is 0. The zero-order chi connectivity index (χ0) is 10.8. The number of nitrogens with one attached hydrogen (secondary N) is 1. The van der Waals surface area contributed by atoms with Crippen LogP contribution in [0, 0.1) is 17.1 Å². The molecule has 0 aliphatic carbocycles. The Morgan fingerprint density at radius 1 is 1.47 bits per heavy atom. The second-order valence-electron chi connectivity index (χ2n) is 2.88. The minimum absolute atomic E-state index is 0.344. The summed E-state index contributed by atoms with van der Waals surface area (Å²) in [5.41, 5.74) is 0.942. The maximum atomic E-state index is 13.0. The molecule has 0 amide bonds. The predicted molar refractivity (Wildman–Crippen MR) is 56.4 cm³/mol. The van der Waals surface area contributed by atoms with E-state index in [9.17, 15) is 4.39 Å². The highest BCUT2D eigenvalue weighted by Gasteiger charge is 2.08. The minimum atomic E-state index is -0.344. The highest BCUT2D eigenvalue weighted by atomic mass is 79.9. The van der Waals surface area contributed by atoms with Crippen molar-refractivity contribution in [2.24, 2.45) is 0 Å². The van der Waals surface area contributed by atoms with Crippen LogP contribution in [0.3, 0.4) is 0 Å². The van der Waals surface area contributed by atoms with Crippen molar-refractivity contribution in [2.75, 3.05) is 0 Å². The molecule has 0 aliphatic rings. The second-order valence-corrected chi connectivity index (χ2v) is 3.74. The molecule has 0 saturated heterocycles. The Bertz CT molecular complexity index is 542. The van der Waals surface area contributed by atoms with Crippen molar-refractivity contribution in [1.82, 2.24) is 9.97 Å². The van der Waals surface area contributed by atoms with Gasteiger partial charge >= 0.3 is 0 Å². The molecule has 0 unspecified atom stereocenters. The van der Waals surface area contributed by atoms with Gasteiger partial charge in [-0.3, -0.25) is 0 Å². The van der Waals surface area contributed by atoms with E-state index in [0.29, 0.717) is 17.1 Å². The van der Waals surface area contributed by atoms with Crippen LogP contribution in [0.1, 0.15) is 5.69 Å². The van der Waals surface area contributed by atoms with Crippen LogP contribution in [0.25, 0.3) is 11.4 Å². The molecule has 0 saturated carbocycles. The zero-order valence-corrected chi connectivity index (χ0v) is 9.05. The lowest BCUT2D eigenvalue weighted by Gasteiger charge is -2.00. The van der Waals surface area contributed by atoms with Gasteiger partial charge in [-0.2, -0.15) is 5.26 Å². The third-order valence-electron chi connectivity index (χ3n) is 1.88. The van der Waals surface area contributed by atoms with Gasteiger partial charge in [-0.25, -0.2) is 9.37 Å². The standard InChI is InChI=1S/C10H5BrFN3/c11-9-2-1-6(12)3-8(9)10-14-5-7(4-13)15-10/h1-3,5H,(H,14,15). The number of hydrogen-bond donors (Lipinski definition) is 1. The molecule has 0 bridgehead atoms. The molecule has 0 fully saturated rings. The number of imidazole rings is 1. The lowest BCUT2D eigenvalue weighted by molar-refractivity contribution is 0.628. The number of nitrogens with zero attached hydrogens (tertiary/aromatic N) is 2. The first-order valence-electron chi connectivity index (χ1n) is 4.11. The zero-order valence-electron chi connectivity index (χ0n) is 7.46. The molecule has 1 heterocycles. The van der Waals surface area contributed by atoms with Crippen LogP contribution in [-0.2, 0) is 0 Å². The van der Waals surface area contributed by atoms with E-state index in [2.05, 4.69) is 25.9 Å². The number of nitriles is 1. The van der Waals surface area contributed by atoms with Gasteiger partial charge in [0.2, 0.25) is 0 Å². The summed E-state index contributed by atoms with van der Waals surface area (Å²) in [6.07, 6.45) is 1.41. The SMILES string of the molecule is N#Cc1cnc(-c2cc(F)ccc2Br)[nH]1. The highest BCUT2D eigenvalue weighted by molar-refractivity contribution is 9.10. The third kappa shape index (κ3) is 1.90. The number of aromatic amines is 1. The van der Waals surface area contributed by atoms with Gasteiger partial charge in [-0.15, -0.1) is 0 Å². The van der Waals surface area contributed by atoms with Crippen LogP contribution in [0.4, 0.5) is 4.39 Å². The first kappa shape index (κ1) is 9.87. The molecule has 0 atom stereocenters. The van der Waals surface area contributed by atoms with Gasteiger partial charge in [-0.1, -0.05) is 15.9 Å².